The molecule has 0 saturated heterocycles. The third-order valence-electron chi connectivity index (χ3n) is 2.88. The predicted molar refractivity (Wildman–Crippen MR) is 45.4 cm³/mol. The largest absolute Gasteiger partial charge is 0.328 e. The van der Waals surface area contributed by atoms with Crippen LogP contribution in [-0.4, -0.2) is 21.3 Å². The van der Waals surface area contributed by atoms with Crippen LogP contribution in [0.15, 0.2) is 12.7 Å². The molecule has 1 unspecified atom stereocenters. The zero-order chi connectivity index (χ0) is 8.60. The molecule has 1 aliphatic carbocycles. The lowest BCUT2D eigenvalue weighted by atomic mass is 9.96. The van der Waals surface area contributed by atoms with Crippen LogP contribution in [0.2, 0.25) is 0 Å². The normalized spacial score (nSPS) is 22.2. The molecule has 1 atom stereocenters. The van der Waals surface area contributed by atoms with Crippen molar-refractivity contribution in [2.45, 2.75) is 25.3 Å². The number of hydrogen-bond acceptors (Lipinski definition) is 3. The molecular formula is C8H14N4. The van der Waals surface area contributed by atoms with Crippen molar-refractivity contribution in [2.24, 2.45) is 11.7 Å². The molecule has 4 nitrogen and oxygen atoms in total. The minimum atomic E-state index is 0.0451. The number of rotatable bonds is 3. The first-order chi connectivity index (χ1) is 5.77. The summed E-state index contributed by atoms with van der Waals surface area (Å²) >= 11 is 0. The van der Waals surface area contributed by atoms with Gasteiger partial charge in [-0.3, -0.25) is 0 Å². The maximum atomic E-state index is 5.76. The van der Waals surface area contributed by atoms with Gasteiger partial charge in [-0.05, 0) is 25.7 Å². The quantitative estimate of drug-likeness (QED) is 0.705. The van der Waals surface area contributed by atoms with Gasteiger partial charge in [-0.15, -0.1) is 10.2 Å². The van der Waals surface area contributed by atoms with Crippen LogP contribution in [0.5, 0.6) is 0 Å². The van der Waals surface area contributed by atoms with E-state index in [1.54, 1.807) is 12.7 Å². The van der Waals surface area contributed by atoms with Crippen molar-refractivity contribution in [3.63, 3.8) is 0 Å². The number of hydrogen-bond donors (Lipinski definition) is 1. The van der Waals surface area contributed by atoms with Gasteiger partial charge in [0, 0.05) is 6.54 Å². The molecule has 66 valence electrons. The van der Waals surface area contributed by atoms with Gasteiger partial charge in [0.25, 0.3) is 0 Å². The van der Waals surface area contributed by atoms with Gasteiger partial charge in [-0.25, -0.2) is 0 Å². The van der Waals surface area contributed by atoms with Crippen LogP contribution < -0.4 is 5.73 Å². The Morgan fingerprint density at radius 3 is 2.50 bits per heavy atom. The molecule has 1 fully saturated rings. The fraction of sp³-hybridized carbons (Fsp3) is 0.750. The second-order valence-electron chi connectivity index (χ2n) is 3.70. The molecule has 0 amide bonds. The Morgan fingerprint density at radius 1 is 1.50 bits per heavy atom. The van der Waals surface area contributed by atoms with Crippen molar-refractivity contribution in [2.75, 3.05) is 6.54 Å². The lowest BCUT2D eigenvalue weighted by Crippen LogP contribution is -2.39. The lowest BCUT2D eigenvalue weighted by molar-refractivity contribution is 0.280. The van der Waals surface area contributed by atoms with Crippen molar-refractivity contribution in [1.82, 2.24) is 14.8 Å². The Bertz CT molecular complexity index is 252. The lowest BCUT2D eigenvalue weighted by Gasteiger charge is -2.28. The minimum Gasteiger partial charge on any atom is -0.328 e. The van der Waals surface area contributed by atoms with E-state index in [1.807, 2.05) is 4.57 Å². The van der Waals surface area contributed by atoms with Gasteiger partial charge in [0.15, 0.2) is 0 Å². The Balaban J connectivity index is 2.27. The monoisotopic (exact) mass is 166 g/mol. The molecule has 0 spiro atoms. The second-order valence-corrected chi connectivity index (χ2v) is 3.70. The van der Waals surface area contributed by atoms with Crippen LogP contribution in [0.3, 0.4) is 0 Å². The third kappa shape index (κ3) is 1.03. The molecule has 0 radical (unpaired) electrons. The van der Waals surface area contributed by atoms with Crippen LogP contribution >= 0.6 is 0 Å². The number of nitrogens with zero attached hydrogens (tertiary/aromatic N) is 3. The number of aromatic nitrogens is 3. The minimum absolute atomic E-state index is 0.0451. The Labute approximate surface area is 71.8 Å². The average Bonchev–Trinajstić information content (AvgIpc) is 2.80. The Morgan fingerprint density at radius 2 is 2.08 bits per heavy atom. The fourth-order valence-electron chi connectivity index (χ4n) is 1.65. The van der Waals surface area contributed by atoms with Crippen molar-refractivity contribution in [3.05, 3.63) is 12.7 Å². The van der Waals surface area contributed by atoms with Crippen molar-refractivity contribution in [1.29, 1.82) is 0 Å². The van der Waals surface area contributed by atoms with Crippen LogP contribution in [0.4, 0.5) is 0 Å². The molecule has 2 rings (SSSR count). The van der Waals surface area contributed by atoms with Crippen LogP contribution in [0.25, 0.3) is 0 Å². The fourth-order valence-corrected chi connectivity index (χ4v) is 1.65. The van der Waals surface area contributed by atoms with E-state index in [1.165, 1.54) is 12.8 Å². The molecule has 0 bridgehead atoms. The van der Waals surface area contributed by atoms with Crippen LogP contribution in [0.1, 0.15) is 19.8 Å². The van der Waals surface area contributed by atoms with E-state index >= 15 is 0 Å². The molecule has 1 heterocycles. The Hall–Kier alpha value is -0.900. The summed E-state index contributed by atoms with van der Waals surface area (Å²) in [6, 6.07) is 0. The summed E-state index contributed by atoms with van der Waals surface area (Å²) in [7, 11) is 0. The summed E-state index contributed by atoms with van der Waals surface area (Å²) in [5, 5.41) is 7.61. The molecule has 4 heteroatoms. The smallest absolute Gasteiger partial charge is 0.119 e. The van der Waals surface area contributed by atoms with Crippen LogP contribution in [-0.2, 0) is 5.54 Å². The predicted octanol–water partition coefficient (Wildman–Crippen LogP) is 0.362. The molecule has 2 N–H and O–H groups in total. The van der Waals surface area contributed by atoms with E-state index in [9.17, 15) is 0 Å². The van der Waals surface area contributed by atoms with E-state index in [0.717, 1.165) is 5.92 Å². The standard InChI is InChI=1S/C8H14N4/c1-8(4-9,7-2-3-7)12-5-10-11-6-12/h5-7H,2-4,9H2,1H3. The van der Waals surface area contributed by atoms with E-state index in [-0.39, 0.29) is 5.54 Å². The van der Waals surface area contributed by atoms with E-state index in [2.05, 4.69) is 17.1 Å². The van der Waals surface area contributed by atoms with Crippen LogP contribution in [0, 0.1) is 5.92 Å². The highest BCUT2D eigenvalue weighted by Gasteiger charge is 2.41. The second kappa shape index (κ2) is 2.55. The van der Waals surface area contributed by atoms with Crippen molar-refractivity contribution >= 4 is 0 Å². The van der Waals surface area contributed by atoms with Crippen molar-refractivity contribution in [3.8, 4) is 0 Å². The first kappa shape index (κ1) is 7.73. The first-order valence-electron chi connectivity index (χ1n) is 4.32. The molecule has 1 aromatic heterocycles. The molecule has 1 aliphatic rings. The Kier molecular flexibility index (Phi) is 1.65. The molecule has 1 aromatic rings. The van der Waals surface area contributed by atoms with E-state index in [4.69, 9.17) is 5.73 Å². The van der Waals surface area contributed by atoms with Gasteiger partial charge in [0.05, 0.1) is 5.54 Å². The van der Waals surface area contributed by atoms with Gasteiger partial charge >= 0.3 is 0 Å². The third-order valence-corrected chi connectivity index (χ3v) is 2.88. The highest BCUT2D eigenvalue weighted by Crippen LogP contribution is 2.43. The van der Waals surface area contributed by atoms with E-state index in [0.29, 0.717) is 6.54 Å². The SMILES string of the molecule is CC(CN)(C1CC1)n1cnnc1. The van der Waals surface area contributed by atoms with Gasteiger partial charge in [-0.2, -0.15) is 0 Å². The molecule has 0 aliphatic heterocycles. The summed E-state index contributed by atoms with van der Waals surface area (Å²) in [6.07, 6.45) is 6.08. The summed E-state index contributed by atoms with van der Waals surface area (Å²) in [4.78, 5) is 0. The maximum absolute atomic E-state index is 5.76. The zero-order valence-electron chi connectivity index (χ0n) is 7.27. The maximum Gasteiger partial charge on any atom is 0.119 e. The highest BCUT2D eigenvalue weighted by molar-refractivity contribution is 4.97. The molecule has 0 aromatic carbocycles. The first-order valence-corrected chi connectivity index (χ1v) is 4.32. The molecule has 12 heavy (non-hydrogen) atoms. The van der Waals surface area contributed by atoms with Gasteiger partial charge in [0.2, 0.25) is 0 Å². The van der Waals surface area contributed by atoms with Gasteiger partial charge in [-0.1, -0.05) is 0 Å². The summed E-state index contributed by atoms with van der Waals surface area (Å²) in [6.45, 7) is 2.84. The number of nitrogens with two attached hydrogens (primary N) is 1. The average molecular weight is 166 g/mol. The molecule has 1 saturated carbocycles. The summed E-state index contributed by atoms with van der Waals surface area (Å²) in [5.74, 6) is 0.721. The molecular weight excluding hydrogens is 152 g/mol. The summed E-state index contributed by atoms with van der Waals surface area (Å²) in [5.41, 5.74) is 5.81. The van der Waals surface area contributed by atoms with E-state index < -0.39 is 0 Å². The zero-order valence-corrected chi connectivity index (χ0v) is 7.27. The topological polar surface area (TPSA) is 56.7 Å². The van der Waals surface area contributed by atoms with Crippen molar-refractivity contribution < 1.29 is 0 Å². The summed E-state index contributed by atoms with van der Waals surface area (Å²) < 4.78 is 2.03. The van der Waals surface area contributed by atoms with Gasteiger partial charge in [0.1, 0.15) is 12.7 Å². The highest BCUT2D eigenvalue weighted by atomic mass is 15.3. The van der Waals surface area contributed by atoms with Gasteiger partial charge < -0.3 is 10.3 Å².